The molecule has 9 aromatic carbocycles. The lowest BCUT2D eigenvalue weighted by atomic mass is 9.85. The van der Waals surface area contributed by atoms with Crippen molar-refractivity contribution < 1.29 is 79.0 Å². The maximum absolute atomic E-state index is 14.1. The van der Waals surface area contributed by atoms with Gasteiger partial charge < -0.3 is 9.13 Å². The van der Waals surface area contributed by atoms with E-state index >= 15 is 0 Å². The van der Waals surface area contributed by atoms with Gasteiger partial charge in [-0.1, -0.05) is 36.4 Å². The summed E-state index contributed by atoms with van der Waals surface area (Å²) in [7, 11) is 0. The molecule has 0 spiro atoms. The molecular formula is C56H26F18N2. The van der Waals surface area contributed by atoms with E-state index < -0.39 is 70.4 Å². The Morgan fingerprint density at radius 1 is 0.211 bits per heavy atom. The molecule has 0 aliphatic rings. The third kappa shape index (κ3) is 8.37. The summed E-state index contributed by atoms with van der Waals surface area (Å²) in [5.41, 5.74) is -6.08. The molecule has 0 unspecified atom stereocenters. The van der Waals surface area contributed by atoms with Crippen LogP contribution in [0.5, 0.6) is 0 Å². The van der Waals surface area contributed by atoms with Gasteiger partial charge in [0.25, 0.3) is 0 Å². The lowest BCUT2D eigenvalue weighted by Crippen LogP contribution is -2.05. The number of halogens is 18. The van der Waals surface area contributed by atoms with Gasteiger partial charge in [0.2, 0.25) is 0 Å². The third-order valence-corrected chi connectivity index (χ3v) is 13.4. The summed E-state index contributed by atoms with van der Waals surface area (Å²) in [6.45, 7) is 0. The average molecular weight is 1070 g/mol. The Balaban J connectivity index is 1.26. The molecule has 0 aliphatic heterocycles. The van der Waals surface area contributed by atoms with Crippen molar-refractivity contribution in [3.05, 3.63) is 191 Å². The van der Waals surface area contributed by atoms with Gasteiger partial charge in [-0.15, -0.1) is 0 Å². The Kier molecular flexibility index (Phi) is 11.0. The van der Waals surface area contributed by atoms with Gasteiger partial charge in [-0.05, 0) is 165 Å². The average Bonchev–Trinajstić information content (AvgIpc) is 3.99. The fourth-order valence-corrected chi connectivity index (χ4v) is 10.1. The molecule has 0 bridgehead atoms. The summed E-state index contributed by atoms with van der Waals surface area (Å²) in [4.78, 5) is 0. The minimum Gasteiger partial charge on any atom is -0.309 e. The first-order chi connectivity index (χ1) is 35.5. The van der Waals surface area contributed by atoms with Gasteiger partial charge in [0.1, 0.15) is 0 Å². The quantitative estimate of drug-likeness (QED) is 0.123. The molecule has 11 aromatic rings. The van der Waals surface area contributed by atoms with Gasteiger partial charge in [-0.25, -0.2) is 0 Å². The van der Waals surface area contributed by atoms with E-state index in [4.69, 9.17) is 0 Å². The fraction of sp³-hybridized carbons (Fsp3) is 0.107. The van der Waals surface area contributed by atoms with Gasteiger partial charge in [0.05, 0.1) is 55.4 Å². The number of benzene rings is 9. The molecule has 0 N–H and O–H groups in total. The minimum absolute atomic E-state index is 0.00188. The summed E-state index contributed by atoms with van der Waals surface area (Å²) in [5, 5.41) is -0.220. The predicted octanol–water partition coefficient (Wildman–Crippen LogP) is 19.6. The lowest BCUT2D eigenvalue weighted by molar-refractivity contribution is -0.138. The SMILES string of the molecule is FC(F)(F)c1ccc(-c2c3ccc(-n4c5ccc(C(F)(F)F)cc5c5cc(C(F)(F)F)ccc54)cc3c(-c3ccc(C(F)(F)F)cc3)c3ccc(-n4c5ccc(C(F)(F)F)cc5c5cc(C(F)(F)F)ccc54)cc23)cc1. The van der Waals surface area contributed by atoms with E-state index in [1.54, 1.807) is 0 Å². The van der Waals surface area contributed by atoms with Crippen LogP contribution < -0.4 is 0 Å². The molecule has 11 rings (SSSR count). The van der Waals surface area contributed by atoms with Crippen LogP contribution >= 0.6 is 0 Å². The molecular weight excluding hydrogens is 1040 g/mol. The van der Waals surface area contributed by atoms with Crippen molar-refractivity contribution in [2.75, 3.05) is 0 Å². The second-order valence-corrected chi connectivity index (χ2v) is 17.9. The second-order valence-electron chi connectivity index (χ2n) is 17.9. The van der Waals surface area contributed by atoms with Crippen molar-refractivity contribution in [2.24, 2.45) is 0 Å². The molecule has 0 amide bonds. The van der Waals surface area contributed by atoms with Crippen molar-refractivity contribution in [2.45, 2.75) is 37.1 Å². The molecule has 0 atom stereocenters. The standard InChI is InChI=1S/C56H26F18N2/c57-51(58,59)29-5-1-27(2-6-29)49-37-15-13-36(76-47-19-11-33(55(69,70)71)23-41(47)42-24-34(56(72,73)74)12-20-48(42)76)26-44(37)50(28-3-7-30(8-4-28)52(60,61)62)38-16-14-35(25-43(38)49)75-45-17-9-31(53(63,64)65)21-39(45)40-22-32(54(66,67)68)10-18-46(40)75/h1-26H. The van der Waals surface area contributed by atoms with Crippen LogP contribution in [0, 0.1) is 0 Å². The van der Waals surface area contributed by atoms with Gasteiger partial charge in [-0.3, -0.25) is 0 Å². The Hall–Kier alpha value is -8.16. The molecule has 0 saturated carbocycles. The first kappa shape index (κ1) is 50.0. The topological polar surface area (TPSA) is 9.86 Å². The van der Waals surface area contributed by atoms with E-state index in [0.29, 0.717) is 24.3 Å². The molecule has 2 aromatic heterocycles. The van der Waals surface area contributed by atoms with Gasteiger partial charge in [0.15, 0.2) is 0 Å². The molecule has 0 aliphatic carbocycles. The summed E-state index contributed by atoms with van der Waals surface area (Å²) >= 11 is 0. The van der Waals surface area contributed by atoms with E-state index in [2.05, 4.69) is 0 Å². The van der Waals surface area contributed by atoms with Crippen LogP contribution in [-0.2, 0) is 37.1 Å². The smallest absolute Gasteiger partial charge is 0.309 e. The zero-order valence-corrected chi connectivity index (χ0v) is 37.7. The van der Waals surface area contributed by atoms with E-state index in [1.807, 2.05) is 0 Å². The van der Waals surface area contributed by atoms with E-state index in [1.165, 1.54) is 45.5 Å². The third-order valence-electron chi connectivity index (χ3n) is 13.4. The highest BCUT2D eigenvalue weighted by molar-refractivity contribution is 6.22. The first-order valence-electron chi connectivity index (χ1n) is 22.3. The molecule has 386 valence electrons. The maximum atomic E-state index is 14.1. The summed E-state index contributed by atoms with van der Waals surface area (Å²) in [5.74, 6) is 0. The lowest BCUT2D eigenvalue weighted by Gasteiger charge is -2.21. The largest absolute Gasteiger partial charge is 0.416 e. The van der Waals surface area contributed by atoms with Crippen molar-refractivity contribution in [1.82, 2.24) is 9.13 Å². The number of hydrogen-bond donors (Lipinski definition) is 0. The molecule has 2 heterocycles. The zero-order chi connectivity index (χ0) is 54.4. The number of aromatic nitrogens is 2. The molecule has 76 heavy (non-hydrogen) atoms. The van der Waals surface area contributed by atoms with Crippen LogP contribution in [0.1, 0.15) is 33.4 Å². The Morgan fingerprint density at radius 3 is 0.684 bits per heavy atom. The number of fused-ring (bicyclic) bond motifs is 8. The second kappa shape index (κ2) is 16.7. The minimum atomic E-state index is -4.92. The number of hydrogen-bond acceptors (Lipinski definition) is 0. The Bertz CT molecular complexity index is 3750. The summed E-state index contributed by atoms with van der Waals surface area (Å²) in [6.07, 6.45) is -29.3. The zero-order valence-electron chi connectivity index (χ0n) is 37.7. The fourth-order valence-electron chi connectivity index (χ4n) is 10.1. The van der Waals surface area contributed by atoms with Crippen molar-refractivity contribution in [3.8, 4) is 33.6 Å². The molecule has 0 fully saturated rings. The number of alkyl halides is 18. The van der Waals surface area contributed by atoms with Crippen LogP contribution in [0.25, 0.3) is 98.8 Å². The van der Waals surface area contributed by atoms with Crippen LogP contribution in [-0.4, -0.2) is 9.13 Å². The summed E-state index contributed by atoms with van der Waals surface area (Å²) < 4.78 is 257. The number of rotatable bonds is 4. The Morgan fingerprint density at radius 2 is 0.447 bits per heavy atom. The van der Waals surface area contributed by atoms with Gasteiger partial charge >= 0.3 is 37.1 Å². The first-order valence-corrected chi connectivity index (χ1v) is 22.3. The number of nitrogens with zero attached hydrogens (tertiary/aromatic N) is 2. The van der Waals surface area contributed by atoms with Crippen molar-refractivity contribution in [1.29, 1.82) is 0 Å². The van der Waals surface area contributed by atoms with Crippen LogP contribution in [0.15, 0.2) is 158 Å². The highest BCUT2D eigenvalue weighted by Gasteiger charge is 2.37. The molecule has 0 radical (unpaired) electrons. The Labute approximate surface area is 414 Å². The van der Waals surface area contributed by atoms with E-state index in [0.717, 1.165) is 97.1 Å². The van der Waals surface area contributed by atoms with Crippen LogP contribution in [0.4, 0.5) is 79.0 Å². The van der Waals surface area contributed by atoms with Crippen LogP contribution in [0.2, 0.25) is 0 Å². The van der Waals surface area contributed by atoms with Crippen molar-refractivity contribution >= 4 is 65.2 Å². The maximum Gasteiger partial charge on any atom is 0.416 e. The van der Waals surface area contributed by atoms with E-state index in [-0.39, 0.29) is 98.8 Å². The highest BCUT2D eigenvalue weighted by Crippen LogP contribution is 2.49. The molecule has 2 nitrogen and oxygen atoms in total. The summed E-state index contributed by atoms with van der Waals surface area (Å²) in [6, 6.07) is 26.3. The molecule has 0 saturated heterocycles. The van der Waals surface area contributed by atoms with Crippen molar-refractivity contribution in [3.63, 3.8) is 0 Å². The molecule has 20 heteroatoms. The normalized spacial score (nSPS) is 13.4. The predicted molar refractivity (Wildman–Crippen MR) is 251 cm³/mol. The monoisotopic (exact) mass is 1070 g/mol. The van der Waals surface area contributed by atoms with E-state index in [9.17, 15) is 79.0 Å². The van der Waals surface area contributed by atoms with Gasteiger partial charge in [0, 0.05) is 32.9 Å². The highest BCUT2D eigenvalue weighted by atomic mass is 19.4. The van der Waals surface area contributed by atoms with Gasteiger partial charge in [-0.2, -0.15) is 79.0 Å². The van der Waals surface area contributed by atoms with Crippen LogP contribution in [0.3, 0.4) is 0 Å².